The van der Waals surface area contributed by atoms with Gasteiger partial charge in [-0.15, -0.1) is 0 Å². The first kappa shape index (κ1) is 14.8. The first-order valence-electron chi connectivity index (χ1n) is 6.09. The molecule has 5 heteroatoms. The SMILES string of the molecule is C=C(NNc1ccc(N(C)C)cc1)N(C)C=CNC. The fourth-order valence-corrected chi connectivity index (χ4v) is 1.35. The second-order valence-electron chi connectivity index (χ2n) is 4.35. The lowest BCUT2D eigenvalue weighted by Crippen LogP contribution is -2.28. The van der Waals surface area contributed by atoms with E-state index in [4.69, 9.17) is 0 Å². The maximum absolute atomic E-state index is 3.93. The molecule has 0 aromatic heterocycles. The van der Waals surface area contributed by atoms with E-state index in [2.05, 4.69) is 39.8 Å². The molecule has 0 fully saturated rings. The van der Waals surface area contributed by atoms with E-state index in [1.807, 2.05) is 57.6 Å². The molecule has 0 unspecified atom stereocenters. The summed E-state index contributed by atoms with van der Waals surface area (Å²) in [6, 6.07) is 8.13. The van der Waals surface area contributed by atoms with Crippen molar-refractivity contribution in [1.29, 1.82) is 0 Å². The second-order valence-corrected chi connectivity index (χ2v) is 4.35. The number of rotatable bonds is 7. The summed E-state index contributed by atoms with van der Waals surface area (Å²) in [5.74, 6) is 0.753. The van der Waals surface area contributed by atoms with Crippen LogP contribution in [0.2, 0.25) is 0 Å². The van der Waals surface area contributed by atoms with Gasteiger partial charge < -0.3 is 15.1 Å². The van der Waals surface area contributed by atoms with Crippen molar-refractivity contribution in [2.75, 3.05) is 38.5 Å². The Morgan fingerprint density at radius 1 is 1.16 bits per heavy atom. The Hall–Kier alpha value is -2.30. The van der Waals surface area contributed by atoms with E-state index in [9.17, 15) is 0 Å². The molecule has 1 aromatic rings. The van der Waals surface area contributed by atoms with Gasteiger partial charge in [-0.3, -0.25) is 10.9 Å². The summed E-state index contributed by atoms with van der Waals surface area (Å²) in [6.45, 7) is 3.93. The van der Waals surface area contributed by atoms with Gasteiger partial charge in [0.1, 0.15) is 5.82 Å². The molecule has 0 aliphatic heterocycles. The molecular formula is C14H23N5. The molecule has 0 atom stereocenters. The molecule has 0 aliphatic carbocycles. The van der Waals surface area contributed by atoms with Crippen molar-refractivity contribution in [1.82, 2.24) is 15.6 Å². The standard InChI is InChI=1S/C14H23N5/c1-12(19(5)11-10-15-2)16-17-13-6-8-14(9-7-13)18(3)4/h6-11,15-17H,1H2,2-5H3. The summed E-state index contributed by atoms with van der Waals surface area (Å²) in [6.07, 6.45) is 3.71. The van der Waals surface area contributed by atoms with Crippen molar-refractivity contribution in [3.63, 3.8) is 0 Å². The zero-order valence-corrected chi connectivity index (χ0v) is 12.1. The van der Waals surface area contributed by atoms with E-state index >= 15 is 0 Å². The number of benzene rings is 1. The Balaban J connectivity index is 2.48. The number of hydrogen-bond donors (Lipinski definition) is 3. The van der Waals surface area contributed by atoms with Crippen LogP contribution in [0.5, 0.6) is 0 Å². The molecule has 0 saturated heterocycles. The van der Waals surface area contributed by atoms with Crippen LogP contribution >= 0.6 is 0 Å². The van der Waals surface area contributed by atoms with E-state index in [0.29, 0.717) is 0 Å². The summed E-state index contributed by atoms with van der Waals surface area (Å²) in [5, 5.41) is 2.93. The zero-order chi connectivity index (χ0) is 14.3. The van der Waals surface area contributed by atoms with Crippen molar-refractivity contribution < 1.29 is 0 Å². The highest BCUT2D eigenvalue weighted by molar-refractivity contribution is 5.54. The van der Waals surface area contributed by atoms with Gasteiger partial charge in [0.05, 0.1) is 5.69 Å². The predicted octanol–water partition coefficient (Wildman–Crippen LogP) is 1.76. The van der Waals surface area contributed by atoms with E-state index in [-0.39, 0.29) is 0 Å². The van der Waals surface area contributed by atoms with Gasteiger partial charge in [-0.05, 0) is 24.3 Å². The Morgan fingerprint density at radius 3 is 2.32 bits per heavy atom. The smallest absolute Gasteiger partial charge is 0.116 e. The Morgan fingerprint density at radius 2 is 1.79 bits per heavy atom. The van der Waals surface area contributed by atoms with Crippen molar-refractivity contribution in [3.8, 4) is 0 Å². The molecule has 5 nitrogen and oxygen atoms in total. The lowest BCUT2D eigenvalue weighted by molar-refractivity contribution is 0.524. The van der Waals surface area contributed by atoms with Crippen LogP contribution in [0.3, 0.4) is 0 Å². The second kappa shape index (κ2) is 7.20. The third kappa shape index (κ3) is 4.83. The van der Waals surface area contributed by atoms with Gasteiger partial charge in [0.2, 0.25) is 0 Å². The van der Waals surface area contributed by atoms with Crippen LogP contribution in [-0.4, -0.2) is 33.1 Å². The molecule has 104 valence electrons. The van der Waals surface area contributed by atoms with Crippen LogP contribution in [-0.2, 0) is 0 Å². The summed E-state index contributed by atoms with van der Waals surface area (Å²) >= 11 is 0. The van der Waals surface area contributed by atoms with Crippen LogP contribution < -0.4 is 21.1 Å². The van der Waals surface area contributed by atoms with Crippen LogP contribution in [0, 0.1) is 0 Å². The van der Waals surface area contributed by atoms with Crippen LogP contribution in [0.4, 0.5) is 11.4 Å². The fraction of sp³-hybridized carbons (Fsp3) is 0.286. The van der Waals surface area contributed by atoms with Gasteiger partial charge in [0.25, 0.3) is 0 Å². The topological polar surface area (TPSA) is 42.6 Å². The van der Waals surface area contributed by atoms with Crippen LogP contribution in [0.1, 0.15) is 0 Å². The molecular weight excluding hydrogens is 238 g/mol. The van der Waals surface area contributed by atoms with E-state index in [1.165, 1.54) is 5.69 Å². The first-order valence-corrected chi connectivity index (χ1v) is 6.09. The Labute approximate surface area is 115 Å². The quantitative estimate of drug-likeness (QED) is 0.653. The summed E-state index contributed by atoms with van der Waals surface area (Å²) < 4.78 is 0. The van der Waals surface area contributed by atoms with Crippen molar-refractivity contribution in [2.45, 2.75) is 0 Å². The number of nitrogens with zero attached hydrogens (tertiary/aromatic N) is 2. The summed E-state index contributed by atoms with van der Waals surface area (Å²) in [4.78, 5) is 3.93. The number of hydrazine groups is 1. The van der Waals surface area contributed by atoms with Gasteiger partial charge in [-0.1, -0.05) is 6.58 Å². The molecule has 1 aromatic carbocycles. The fourth-order valence-electron chi connectivity index (χ4n) is 1.35. The third-order valence-corrected chi connectivity index (χ3v) is 2.63. The van der Waals surface area contributed by atoms with Gasteiger partial charge in [-0.25, -0.2) is 0 Å². The summed E-state index contributed by atoms with van der Waals surface area (Å²) in [7, 11) is 7.81. The molecule has 19 heavy (non-hydrogen) atoms. The van der Waals surface area contributed by atoms with Crippen LogP contribution in [0.25, 0.3) is 0 Å². The lowest BCUT2D eigenvalue weighted by Gasteiger charge is -2.20. The minimum atomic E-state index is 0.753. The van der Waals surface area contributed by atoms with E-state index < -0.39 is 0 Å². The molecule has 0 saturated carbocycles. The summed E-state index contributed by atoms with van der Waals surface area (Å²) in [5.41, 5.74) is 8.30. The van der Waals surface area contributed by atoms with Gasteiger partial charge in [-0.2, -0.15) is 0 Å². The molecule has 0 amide bonds. The Bertz CT molecular complexity index is 422. The molecule has 0 aliphatic rings. The Kier molecular flexibility index (Phi) is 5.60. The maximum atomic E-state index is 3.93. The minimum Gasteiger partial charge on any atom is -0.393 e. The maximum Gasteiger partial charge on any atom is 0.116 e. The first-order chi connectivity index (χ1) is 9.04. The number of anilines is 2. The molecule has 3 N–H and O–H groups in total. The predicted molar refractivity (Wildman–Crippen MR) is 82.6 cm³/mol. The van der Waals surface area contributed by atoms with Crippen molar-refractivity contribution >= 4 is 11.4 Å². The molecule has 0 bridgehead atoms. The van der Waals surface area contributed by atoms with E-state index in [1.54, 1.807) is 0 Å². The highest BCUT2D eigenvalue weighted by Crippen LogP contribution is 2.15. The van der Waals surface area contributed by atoms with E-state index in [0.717, 1.165) is 11.5 Å². The molecule has 0 heterocycles. The normalized spacial score (nSPS) is 10.1. The monoisotopic (exact) mass is 261 g/mol. The van der Waals surface area contributed by atoms with Crippen LogP contribution in [0.15, 0.2) is 49.1 Å². The third-order valence-electron chi connectivity index (χ3n) is 2.63. The highest BCUT2D eigenvalue weighted by atomic mass is 15.4. The highest BCUT2D eigenvalue weighted by Gasteiger charge is 1.98. The molecule has 0 radical (unpaired) electrons. The number of hydrogen-bond acceptors (Lipinski definition) is 5. The average molecular weight is 261 g/mol. The van der Waals surface area contributed by atoms with Gasteiger partial charge >= 0.3 is 0 Å². The zero-order valence-electron chi connectivity index (χ0n) is 12.1. The van der Waals surface area contributed by atoms with Crippen molar-refractivity contribution in [3.05, 3.63) is 49.1 Å². The average Bonchev–Trinajstić information content (AvgIpc) is 2.42. The minimum absolute atomic E-state index is 0.753. The lowest BCUT2D eigenvalue weighted by atomic mass is 10.3. The molecule has 1 rings (SSSR count). The van der Waals surface area contributed by atoms with Gasteiger partial charge in [0, 0.05) is 46.3 Å². The largest absolute Gasteiger partial charge is 0.393 e. The van der Waals surface area contributed by atoms with Gasteiger partial charge in [0.15, 0.2) is 0 Å². The number of nitrogens with one attached hydrogen (secondary N) is 3. The molecule has 0 spiro atoms. The van der Waals surface area contributed by atoms with Crippen molar-refractivity contribution in [2.24, 2.45) is 0 Å².